The summed E-state index contributed by atoms with van der Waals surface area (Å²) < 4.78 is 5.36. The van der Waals surface area contributed by atoms with E-state index in [1.807, 2.05) is 0 Å². The highest BCUT2D eigenvalue weighted by Gasteiger charge is 2.43. The number of likely N-dealkylation sites (tertiary alicyclic amines) is 2. The number of rotatable bonds is 4. The SMILES string of the molecule is O=C1CC[C@]2(CCCN(C(=O)c3ccc(CO)o3)C2)CN1CCO. The second-order valence-electron chi connectivity index (χ2n) is 6.79. The standard InChI is InChI=1S/C17H24N2O5/c20-9-8-18-11-17(6-4-15(18)22)5-1-7-19(12-17)16(23)14-3-2-13(10-21)24-14/h2-3,20-21H,1,4-12H2/t17-/m1/s1. The number of carbonyl (C=O) groups is 2. The summed E-state index contributed by atoms with van der Waals surface area (Å²) in [5, 5.41) is 18.2. The highest BCUT2D eigenvalue weighted by molar-refractivity contribution is 5.91. The van der Waals surface area contributed by atoms with Crippen LogP contribution < -0.4 is 0 Å². The molecule has 1 atom stereocenters. The van der Waals surface area contributed by atoms with Gasteiger partial charge in [0.05, 0.1) is 6.61 Å². The Morgan fingerprint density at radius 2 is 2.08 bits per heavy atom. The van der Waals surface area contributed by atoms with Crippen molar-refractivity contribution in [2.24, 2.45) is 5.41 Å². The highest BCUT2D eigenvalue weighted by Crippen LogP contribution is 2.39. The van der Waals surface area contributed by atoms with Gasteiger partial charge < -0.3 is 24.4 Å². The summed E-state index contributed by atoms with van der Waals surface area (Å²) >= 11 is 0. The van der Waals surface area contributed by atoms with E-state index in [1.165, 1.54) is 0 Å². The van der Waals surface area contributed by atoms with Crippen molar-refractivity contribution in [1.29, 1.82) is 0 Å². The van der Waals surface area contributed by atoms with Crippen LogP contribution >= 0.6 is 0 Å². The van der Waals surface area contributed by atoms with Gasteiger partial charge in [-0.2, -0.15) is 0 Å². The summed E-state index contributed by atoms with van der Waals surface area (Å²) in [4.78, 5) is 28.1. The minimum Gasteiger partial charge on any atom is -0.453 e. The van der Waals surface area contributed by atoms with Crippen LogP contribution in [0.25, 0.3) is 0 Å². The molecule has 2 fully saturated rings. The third kappa shape index (κ3) is 3.32. The Bertz CT molecular complexity index is 614. The minimum absolute atomic E-state index is 0.0409. The average molecular weight is 336 g/mol. The van der Waals surface area contributed by atoms with E-state index in [4.69, 9.17) is 14.6 Å². The minimum atomic E-state index is -0.227. The lowest BCUT2D eigenvalue weighted by molar-refractivity contribution is -0.139. The Labute approximate surface area is 140 Å². The van der Waals surface area contributed by atoms with Crippen LogP contribution in [0, 0.1) is 5.41 Å². The fraction of sp³-hybridized carbons (Fsp3) is 0.647. The van der Waals surface area contributed by atoms with Crippen LogP contribution in [0.15, 0.2) is 16.5 Å². The number of β-amino-alcohol motifs (C(OH)–C–C–N with tert-alkyl or cyclic N) is 1. The third-order valence-corrected chi connectivity index (χ3v) is 5.09. The largest absolute Gasteiger partial charge is 0.453 e. The molecular weight excluding hydrogens is 312 g/mol. The van der Waals surface area contributed by atoms with E-state index >= 15 is 0 Å². The summed E-state index contributed by atoms with van der Waals surface area (Å²) in [5.74, 6) is 0.536. The van der Waals surface area contributed by atoms with E-state index in [9.17, 15) is 9.59 Å². The molecule has 7 heteroatoms. The second-order valence-corrected chi connectivity index (χ2v) is 6.79. The number of piperidine rings is 2. The zero-order valence-electron chi connectivity index (χ0n) is 13.7. The van der Waals surface area contributed by atoms with Crippen molar-refractivity contribution in [3.8, 4) is 0 Å². The van der Waals surface area contributed by atoms with Gasteiger partial charge in [-0.3, -0.25) is 9.59 Å². The number of aliphatic hydroxyl groups is 2. The quantitative estimate of drug-likeness (QED) is 0.840. The normalized spacial score (nSPS) is 24.7. The molecule has 0 aromatic carbocycles. The molecule has 2 aliphatic heterocycles. The predicted molar refractivity (Wildman–Crippen MR) is 85.1 cm³/mol. The molecule has 2 saturated heterocycles. The summed E-state index contributed by atoms with van der Waals surface area (Å²) in [5.41, 5.74) is -0.0939. The van der Waals surface area contributed by atoms with E-state index < -0.39 is 0 Å². The zero-order valence-corrected chi connectivity index (χ0v) is 13.7. The van der Waals surface area contributed by atoms with Crippen LogP contribution in [0.1, 0.15) is 42.0 Å². The van der Waals surface area contributed by atoms with Crippen LogP contribution in [0.4, 0.5) is 0 Å². The predicted octanol–water partition coefficient (Wildman–Crippen LogP) is 0.609. The van der Waals surface area contributed by atoms with Gasteiger partial charge in [0.15, 0.2) is 5.76 Å². The molecule has 7 nitrogen and oxygen atoms in total. The number of hydrogen-bond acceptors (Lipinski definition) is 5. The number of hydrogen-bond donors (Lipinski definition) is 2. The van der Waals surface area contributed by atoms with Crippen molar-refractivity contribution in [1.82, 2.24) is 9.80 Å². The first-order valence-corrected chi connectivity index (χ1v) is 8.44. The number of furan rings is 1. The van der Waals surface area contributed by atoms with Crippen molar-refractivity contribution in [3.63, 3.8) is 0 Å². The molecule has 0 aliphatic carbocycles. The van der Waals surface area contributed by atoms with E-state index in [0.29, 0.717) is 38.4 Å². The topological polar surface area (TPSA) is 94.2 Å². The molecule has 0 unspecified atom stereocenters. The molecule has 0 radical (unpaired) electrons. The third-order valence-electron chi connectivity index (χ3n) is 5.09. The van der Waals surface area contributed by atoms with Crippen LogP contribution in [0.3, 0.4) is 0 Å². The lowest BCUT2D eigenvalue weighted by atomic mass is 9.73. The Kier molecular flexibility index (Phi) is 4.91. The summed E-state index contributed by atoms with van der Waals surface area (Å²) in [7, 11) is 0. The summed E-state index contributed by atoms with van der Waals surface area (Å²) in [6.45, 7) is 1.94. The fourth-order valence-corrected chi connectivity index (χ4v) is 3.87. The zero-order chi connectivity index (χ0) is 17.2. The van der Waals surface area contributed by atoms with E-state index in [1.54, 1.807) is 21.9 Å². The van der Waals surface area contributed by atoms with Gasteiger partial charge in [0.2, 0.25) is 5.91 Å². The molecule has 1 aromatic rings. The first-order chi connectivity index (χ1) is 11.6. The number of aliphatic hydroxyl groups excluding tert-OH is 2. The maximum absolute atomic E-state index is 12.7. The van der Waals surface area contributed by atoms with E-state index in [2.05, 4.69) is 0 Å². The van der Waals surface area contributed by atoms with Crippen molar-refractivity contribution in [2.75, 3.05) is 32.8 Å². The van der Waals surface area contributed by atoms with Crippen molar-refractivity contribution in [2.45, 2.75) is 32.3 Å². The molecule has 3 heterocycles. The van der Waals surface area contributed by atoms with Gasteiger partial charge in [-0.05, 0) is 31.4 Å². The molecule has 0 saturated carbocycles. The molecule has 1 spiro atoms. The van der Waals surface area contributed by atoms with Crippen molar-refractivity contribution in [3.05, 3.63) is 23.7 Å². The van der Waals surface area contributed by atoms with Crippen LogP contribution in [-0.2, 0) is 11.4 Å². The van der Waals surface area contributed by atoms with Crippen LogP contribution in [0.5, 0.6) is 0 Å². The molecule has 0 bridgehead atoms. The molecule has 2 aliphatic rings. The number of carbonyl (C=O) groups excluding carboxylic acids is 2. The van der Waals surface area contributed by atoms with Crippen molar-refractivity contribution < 1.29 is 24.2 Å². The van der Waals surface area contributed by atoms with Gasteiger partial charge in [0.25, 0.3) is 5.91 Å². The van der Waals surface area contributed by atoms with Gasteiger partial charge in [0, 0.05) is 38.0 Å². The smallest absolute Gasteiger partial charge is 0.289 e. The maximum atomic E-state index is 12.7. The maximum Gasteiger partial charge on any atom is 0.289 e. The van der Waals surface area contributed by atoms with Gasteiger partial charge >= 0.3 is 0 Å². The monoisotopic (exact) mass is 336 g/mol. The Hall–Kier alpha value is -1.86. The molecular formula is C17H24N2O5. The van der Waals surface area contributed by atoms with Crippen LogP contribution in [0.2, 0.25) is 0 Å². The molecule has 2 N–H and O–H groups in total. The Morgan fingerprint density at radius 1 is 1.25 bits per heavy atom. The lowest BCUT2D eigenvalue weighted by Gasteiger charge is -2.48. The molecule has 1 aromatic heterocycles. The molecule has 3 rings (SSSR count). The highest BCUT2D eigenvalue weighted by atomic mass is 16.4. The number of amides is 2. The average Bonchev–Trinajstić information content (AvgIpc) is 3.07. The van der Waals surface area contributed by atoms with Gasteiger partial charge in [-0.15, -0.1) is 0 Å². The molecule has 24 heavy (non-hydrogen) atoms. The van der Waals surface area contributed by atoms with E-state index in [0.717, 1.165) is 19.3 Å². The lowest BCUT2D eigenvalue weighted by Crippen LogP contribution is -2.55. The summed E-state index contributed by atoms with van der Waals surface area (Å²) in [6.07, 6.45) is 3.11. The Balaban J connectivity index is 1.71. The van der Waals surface area contributed by atoms with E-state index in [-0.39, 0.29) is 36.2 Å². The molecule has 2 amide bonds. The van der Waals surface area contributed by atoms with Crippen molar-refractivity contribution >= 4 is 11.8 Å². The Morgan fingerprint density at radius 3 is 2.79 bits per heavy atom. The first-order valence-electron chi connectivity index (χ1n) is 8.44. The molecule has 132 valence electrons. The van der Waals surface area contributed by atoms with Crippen LogP contribution in [-0.4, -0.2) is 64.6 Å². The van der Waals surface area contributed by atoms with Gasteiger partial charge in [-0.1, -0.05) is 0 Å². The second kappa shape index (κ2) is 6.94. The summed E-state index contributed by atoms with van der Waals surface area (Å²) in [6, 6.07) is 3.20. The first kappa shape index (κ1) is 17.0. The fourth-order valence-electron chi connectivity index (χ4n) is 3.87. The van der Waals surface area contributed by atoms with Gasteiger partial charge in [-0.25, -0.2) is 0 Å². The number of nitrogens with zero attached hydrogens (tertiary/aromatic N) is 2. The van der Waals surface area contributed by atoms with Gasteiger partial charge in [0.1, 0.15) is 12.4 Å².